The van der Waals surface area contributed by atoms with E-state index in [1.54, 1.807) is 12.1 Å². The maximum absolute atomic E-state index is 12.8. The van der Waals surface area contributed by atoms with Gasteiger partial charge in [0.05, 0.1) is 25.3 Å². The number of aromatic amines is 2. The summed E-state index contributed by atoms with van der Waals surface area (Å²) in [6, 6.07) is 27.0. The maximum atomic E-state index is 12.8. The van der Waals surface area contributed by atoms with Crippen molar-refractivity contribution in [1.29, 1.82) is 0 Å². The molecule has 3 amide bonds. The number of aromatic hydroxyl groups is 2. The molecule has 0 radical (unpaired) electrons. The van der Waals surface area contributed by atoms with Gasteiger partial charge in [0.25, 0.3) is 17.7 Å². The lowest BCUT2D eigenvalue weighted by atomic mass is 9.95. The smallest absolute Gasteiger partial charge is 0.286 e. The number of hydrogen-bond donors (Lipinski definition) is 4. The van der Waals surface area contributed by atoms with Crippen LogP contribution in [0.2, 0.25) is 0 Å². The molecule has 13 nitrogen and oxygen atoms in total. The van der Waals surface area contributed by atoms with E-state index in [-0.39, 0.29) is 28.5 Å². The number of carbonyl (C=O) groups excluding carboxylic acids is 3. The third-order valence-corrected chi connectivity index (χ3v) is 8.85. The van der Waals surface area contributed by atoms with E-state index < -0.39 is 17.9 Å². The highest BCUT2D eigenvalue weighted by molar-refractivity contribution is 6.20. The average Bonchev–Trinajstić information content (AvgIpc) is 3.83. The maximum Gasteiger partial charge on any atom is 0.286 e. The van der Waals surface area contributed by atoms with Crippen molar-refractivity contribution in [1.82, 2.24) is 29.9 Å². The van der Waals surface area contributed by atoms with Gasteiger partial charge >= 0.3 is 0 Å². The van der Waals surface area contributed by atoms with Crippen molar-refractivity contribution in [2.75, 3.05) is 42.4 Å². The molecule has 1 atom stereocenters. The molecule has 0 saturated carbocycles. The summed E-state index contributed by atoms with van der Waals surface area (Å²) < 4.78 is 0. The molecule has 0 bridgehead atoms. The van der Waals surface area contributed by atoms with Crippen LogP contribution < -0.4 is 0 Å². The van der Waals surface area contributed by atoms with Gasteiger partial charge in [-0.2, -0.15) is 0 Å². The minimum atomic E-state index is -0.552. The Kier molecular flexibility index (Phi) is 10.6. The second-order valence-corrected chi connectivity index (χ2v) is 13.2. The van der Waals surface area contributed by atoms with Crippen LogP contribution in [-0.2, 0) is 22.8 Å². The number of para-hydroxylation sites is 2. The average molecular weight is 719 g/mol. The molecular weight excluding hydrogens is 676 g/mol. The Morgan fingerprint density at radius 1 is 0.660 bits per heavy atom. The molecule has 274 valence electrons. The fourth-order valence-corrected chi connectivity index (χ4v) is 6.70. The molecule has 2 aromatic heterocycles. The van der Waals surface area contributed by atoms with Crippen LogP contribution in [0.3, 0.4) is 0 Å². The zero-order chi connectivity index (χ0) is 38.0. The Hall–Kier alpha value is -5.99. The van der Waals surface area contributed by atoms with E-state index in [9.17, 15) is 19.5 Å². The minimum Gasteiger partial charge on any atom is -0.508 e. The minimum absolute atomic E-state index is 0.0529. The standard InChI is InChI=1S/C20H21N3O3.C11H14N2.C9H7NO4/c1-22(2)11-17-18(14-6-4-5-7-16(14)21-17)19-15-10-12(24)8-9-13(15)20(25)23(19)26-3;1-13(2)8-10-7-9-5-3-4-6-11(9)12-10;1-14-10-8(12)6-3-2-5(11)4-7(6)9(10)13/h4-10,19,21,24H,11H2,1-3H3;3-7,12H,8H2,1-2H3;2-4,11H,1H3. The van der Waals surface area contributed by atoms with E-state index in [4.69, 9.17) is 9.94 Å². The zero-order valence-electron chi connectivity index (χ0n) is 30.4. The van der Waals surface area contributed by atoms with Gasteiger partial charge in [-0.15, -0.1) is 5.06 Å². The van der Waals surface area contributed by atoms with Crippen LogP contribution in [-0.4, -0.2) is 100 Å². The number of fused-ring (bicyclic) bond motifs is 4. The SMILES string of the molecule is CN(C)Cc1cc2ccccc2[nH]1.CON1C(=O)c2ccc(O)cc2C1=O.CON1C(=O)c2ccc(O)cc2C1c1c(CN(C)C)[nH]c2ccccc12. The lowest BCUT2D eigenvalue weighted by molar-refractivity contribution is -0.109. The van der Waals surface area contributed by atoms with Crippen molar-refractivity contribution in [3.05, 3.63) is 130 Å². The largest absolute Gasteiger partial charge is 0.508 e. The summed E-state index contributed by atoms with van der Waals surface area (Å²) >= 11 is 0. The van der Waals surface area contributed by atoms with Crippen molar-refractivity contribution in [3.63, 3.8) is 0 Å². The van der Waals surface area contributed by atoms with Gasteiger partial charge in [0.15, 0.2) is 0 Å². The highest BCUT2D eigenvalue weighted by Gasteiger charge is 2.41. The van der Waals surface area contributed by atoms with Crippen LogP contribution >= 0.6 is 0 Å². The first-order valence-corrected chi connectivity index (χ1v) is 16.8. The second-order valence-electron chi connectivity index (χ2n) is 13.2. The van der Waals surface area contributed by atoms with Crippen molar-refractivity contribution >= 4 is 39.5 Å². The number of hydrogen-bond acceptors (Lipinski definition) is 9. The molecule has 0 fully saturated rings. The highest BCUT2D eigenvalue weighted by Crippen LogP contribution is 2.44. The van der Waals surface area contributed by atoms with Crippen molar-refractivity contribution in [3.8, 4) is 11.5 Å². The number of carbonyl (C=O) groups is 3. The first-order valence-electron chi connectivity index (χ1n) is 16.8. The van der Waals surface area contributed by atoms with Crippen LogP contribution in [0.25, 0.3) is 21.8 Å². The van der Waals surface area contributed by atoms with Gasteiger partial charge < -0.3 is 30.0 Å². The van der Waals surface area contributed by atoms with Crippen LogP contribution in [0.5, 0.6) is 11.5 Å². The number of nitrogens with zero attached hydrogens (tertiary/aromatic N) is 4. The van der Waals surface area contributed by atoms with Crippen LogP contribution in [0, 0.1) is 0 Å². The van der Waals surface area contributed by atoms with Gasteiger partial charge in [0, 0.05) is 52.0 Å². The molecule has 1 unspecified atom stereocenters. The van der Waals surface area contributed by atoms with E-state index >= 15 is 0 Å². The van der Waals surface area contributed by atoms with Crippen LogP contribution in [0.1, 0.15) is 59.6 Å². The van der Waals surface area contributed by atoms with E-state index in [2.05, 4.69) is 69.0 Å². The summed E-state index contributed by atoms with van der Waals surface area (Å²) in [6.45, 7) is 1.66. The van der Waals surface area contributed by atoms with Crippen molar-refractivity contribution in [2.45, 2.75) is 19.1 Å². The normalized spacial score (nSPS) is 14.9. The van der Waals surface area contributed by atoms with Gasteiger partial charge in [-0.05, 0) is 93.7 Å². The number of imide groups is 1. The van der Waals surface area contributed by atoms with E-state index in [0.717, 1.165) is 34.3 Å². The summed E-state index contributed by atoms with van der Waals surface area (Å²) in [5.74, 6) is -1.18. The number of phenols is 2. The summed E-state index contributed by atoms with van der Waals surface area (Å²) in [5, 5.41) is 23.5. The molecule has 2 aliphatic heterocycles. The van der Waals surface area contributed by atoms with Gasteiger partial charge in [-0.3, -0.25) is 24.1 Å². The van der Waals surface area contributed by atoms with Gasteiger partial charge in [0.2, 0.25) is 0 Å². The molecule has 0 saturated heterocycles. The number of phenolic OH excluding ortho intramolecular Hbond substituents is 2. The Balaban J connectivity index is 0.000000150. The predicted molar refractivity (Wildman–Crippen MR) is 200 cm³/mol. The summed E-state index contributed by atoms with van der Waals surface area (Å²) in [6.07, 6.45) is 0. The fraction of sp³-hybridized carbons (Fsp3) is 0.225. The molecule has 53 heavy (non-hydrogen) atoms. The highest BCUT2D eigenvalue weighted by atomic mass is 16.7. The number of nitrogens with one attached hydrogen (secondary N) is 2. The molecule has 2 aliphatic rings. The van der Waals surface area contributed by atoms with E-state index in [1.165, 1.54) is 60.1 Å². The molecule has 6 aromatic rings. The fourth-order valence-electron chi connectivity index (χ4n) is 6.70. The Morgan fingerprint density at radius 3 is 1.94 bits per heavy atom. The number of amides is 3. The second kappa shape index (κ2) is 15.3. The third kappa shape index (κ3) is 7.36. The number of H-pyrrole nitrogens is 2. The Labute approximate surface area is 306 Å². The van der Waals surface area contributed by atoms with Crippen molar-refractivity contribution < 1.29 is 34.3 Å². The first kappa shape index (κ1) is 36.8. The van der Waals surface area contributed by atoms with Crippen LogP contribution in [0.15, 0.2) is 91.0 Å². The lowest BCUT2D eigenvalue weighted by Crippen LogP contribution is -2.28. The van der Waals surface area contributed by atoms with Crippen molar-refractivity contribution in [2.24, 2.45) is 0 Å². The van der Waals surface area contributed by atoms with E-state index in [0.29, 0.717) is 17.2 Å². The first-order chi connectivity index (χ1) is 25.4. The molecule has 13 heteroatoms. The number of aromatic nitrogens is 2. The number of benzene rings is 4. The quantitative estimate of drug-likeness (QED) is 0.150. The predicted octanol–water partition coefficient (Wildman–Crippen LogP) is 5.82. The third-order valence-electron chi connectivity index (χ3n) is 8.85. The molecular formula is C40H42N6O7. The molecule has 4 aromatic carbocycles. The lowest BCUT2D eigenvalue weighted by Gasteiger charge is -2.24. The number of rotatable bonds is 7. The topological polar surface area (TPSA) is 155 Å². The zero-order valence-corrected chi connectivity index (χ0v) is 30.4. The van der Waals surface area contributed by atoms with Gasteiger partial charge in [-0.25, -0.2) is 5.06 Å². The monoisotopic (exact) mass is 718 g/mol. The van der Waals surface area contributed by atoms with Crippen LogP contribution in [0.4, 0.5) is 0 Å². The molecule has 4 N–H and O–H groups in total. The van der Waals surface area contributed by atoms with E-state index in [1.807, 2.05) is 38.4 Å². The molecule has 0 aliphatic carbocycles. The Morgan fingerprint density at radius 2 is 1.28 bits per heavy atom. The molecule has 0 spiro atoms. The molecule has 4 heterocycles. The van der Waals surface area contributed by atoms with Gasteiger partial charge in [-0.1, -0.05) is 36.4 Å². The summed E-state index contributed by atoms with van der Waals surface area (Å²) in [7, 11) is 10.9. The Bertz CT molecular complexity index is 2280. The molecule has 8 rings (SSSR count). The number of hydroxylamine groups is 4. The summed E-state index contributed by atoms with van der Waals surface area (Å²) in [4.78, 5) is 56.9. The van der Waals surface area contributed by atoms with Gasteiger partial charge in [0.1, 0.15) is 17.5 Å². The summed E-state index contributed by atoms with van der Waals surface area (Å²) in [5.41, 5.74) is 7.23.